The van der Waals surface area contributed by atoms with Gasteiger partial charge in [-0.25, -0.2) is 0 Å². The fourth-order valence-corrected chi connectivity index (χ4v) is 11.3. The molecule has 1 aliphatic heterocycles. The van der Waals surface area contributed by atoms with Crippen molar-refractivity contribution in [2.24, 2.45) is 35.5 Å². The fourth-order valence-electron chi connectivity index (χ4n) is 11.3. The highest BCUT2D eigenvalue weighted by Gasteiger charge is 2.55. The number of epoxide rings is 1. The third-order valence-corrected chi connectivity index (χ3v) is 11.6. The van der Waals surface area contributed by atoms with Crippen molar-refractivity contribution in [3.63, 3.8) is 0 Å². The highest BCUT2D eigenvalue weighted by molar-refractivity contribution is 5.51. The van der Waals surface area contributed by atoms with Crippen LogP contribution >= 0.6 is 0 Å². The van der Waals surface area contributed by atoms with Crippen LogP contribution in [0.15, 0.2) is 12.1 Å². The summed E-state index contributed by atoms with van der Waals surface area (Å²) in [6.07, 6.45) is 19.5. The van der Waals surface area contributed by atoms with E-state index in [2.05, 4.69) is 19.1 Å². The molecule has 9 fully saturated rings. The lowest BCUT2D eigenvalue weighted by atomic mass is 9.45. The number of hydrogen-bond donors (Lipinski definition) is 0. The summed E-state index contributed by atoms with van der Waals surface area (Å²) in [4.78, 5) is 0. The second-order valence-corrected chi connectivity index (χ2v) is 14.0. The molecular formula is C31H42O2. The lowest BCUT2D eigenvalue weighted by Crippen LogP contribution is -2.50. The molecule has 1 saturated heterocycles. The second-order valence-electron chi connectivity index (χ2n) is 14.0. The van der Waals surface area contributed by atoms with Crippen LogP contribution in [0.3, 0.4) is 0 Å². The van der Waals surface area contributed by atoms with E-state index in [4.69, 9.17) is 9.47 Å². The van der Waals surface area contributed by atoms with Crippen LogP contribution in [0, 0.1) is 35.5 Å². The van der Waals surface area contributed by atoms with E-state index in [-0.39, 0.29) is 0 Å². The molecule has 2 nitrogen and oxygen atoms in total. The van der Waals surface area contributed by atoms with Gasteiger partial charge in [0.2, 0.25) is 0 Å². The van der Waals surface area contributed by atoms with Gasteiger partial charge in [0, 0.05) is 0 Å². The van der Waals surface area contributed by atoms with Crippen molar-refractivity contribution in [2.75, 3.05) is 13.2 Å². The first-order chi connectivity index (χ1) is 16.1. The molecule has 33 heavy (non-hydrogen) atoms. The molecule has 10 rings (SSSR count). The molecule has 8 saturated carbocycles. The van der Waals surface area contributed by atoms with Crippen LogP contribution in [-0.4, -0.2) is 19.3 Å². The molecule has 0 radical (unpaired) electrons. The van der Waals surface area contributed by atoms with Crippen LogP contribution in [0.4, 0.5) is 0 Å². The SMILES string of the molecule is CCc1c(C23CC4CC(CC(C4)C2)C3)cc(OCC2CO2)cc1C12CC3CC(CC(C3)C1)C2. The quantitative estimate of drug-likeness (QED) is 0.441. The highest BCUT2D eigenvalue weighted by Crippen LogP contribution is 2.64. The van der Waals surface area contributed by atoms with E-state index in [1.807, 2.05) is 0 Å². The number of rotatable bonds is 6. The van der Waals surface area contributed by atoms with Gasteiger partial charge in [0.1, 0.15) is 18.5 Å². The predicted molar refractivity (Wildman–Crippen MR) is 131 cm³/mol. The van der Waals surface area contributed by atoms with Crippen molar-refractivity contribution in [3.05, 3.63) is 28.8 Å². The third kappa shape index (κ3) is 3.14. The molecule has 0 amide bonds. The van der Waals surface area contributed by atoms with Crippen LogP contribution < -0.4 is 4.74 Å². The summed E-state index contributed by atoms with van der Waals surface area (Å²) in [5.41, 5.74) is 6.18. The summed E-state index contributed by atoms with van der Waals surface area (Å²) in [6, 6.07) is 5.11. The zero-order valence-electron chi connectivity index (χ0n) is 20.6. The Kier molecular flexibility index (Phi) is 4.30. The summed E-state index contributed by atoms with van der Waals surface area (Å²) in [5.74, 6) is 7.14. The Balaban J connectivity index is 1.27. The third-order valence-electron chi connectivity index (χ3n) is 11.6. The molecule has 0 spiro atoms. The van der Waals surface area contributed by atoms with Gasteiger partial charge >= 0.3 is 0 Å². The minimum absolute atomic E-state index is 0.335. The molecule has 1 aromatic carbocycles. The van der Waals surface area contributed by atoms with Crippen molar-refractivity contribution < 1.29 is 9.47 Å². The molecule has 1 atom stereocenters. The maximum atomic E-state index is 6.51. The molecular weight excluding hydrogens is 404 g/mol. The van der Waals surface area contributed by atoms with Crippen molar-refractivity contribution >= 4 is 0 Å². The van der Waals surface area contributed by atoms with Crippen molar-refractivity contribution in [2.45, 2.75) is 107 Å². The molecule has 1 aromatic rings. The lowest BCUT2D eigenvalue weighted by molar-refractivity contribution is -0.00931. The van der Waals surface area contributed by atoms with E-state index in [0.29, 0.717) is 16.9 Å². The van der Waals surface area contributed by atoms with Crippen molar-refractivity contribution in [3.8, 4) is 5.75 Å². The van der Waals surface area contributed by atoms with E-state index in [0.717, 1.165) is 48.7 Å². The van der Waals surface area contributed by atoms with Gasteiger partial charge in [0.15, 0.2) is 0 Å². The van der Waals surface area contributed by atoms with Gasteiger partial charge < -0.3 is 9.47 Å². The molecule has 2 heteroatoms. The van der Waals surface area contributed by atoms with Crippen molar-refractivity contribution in [1.82, 2.24) is 0 Å². The predicted octanol–water partition coefficient (Wildman–Crippen LogP) is 6.96. The Morgan fingerprint density at radius 2 is 1.12 bits per heavy atom. The molecule has 178 valence electrons. The minimum atomic E-state index is 0.335. The van der Waals surface area contributed by atoms with E-state index >= 15 is 0 Å². The fraction of sp³-hybridized carbons (Fsp3) is 0.806. The van der Waals surface area contributed by atoms with Gasteiger partial charge in [-0.2, -0.15) is 0 Å². The Morgan fingerprint density at radius 1 is 0.727 bits per heavy atom. The average molecular weight is 447 g/mol. The van der Waals surface area contributed by atoms with Gasteiger partial charge in [-0.3, -0.25) is 0 Å². The van der Waals surface area contributed by atoms with Gasteiger partial charge in [-0.1, -0.05) is 6.92 Å². The summed E-state index contributed by atoms with van der Waals surface area (Å²) in [5, 5.41) is 0. The van der Waals surface area contributed by atoms with Crippen molar-refractivity contribution in [1.29, 1.82) is 0 Å². The average Bonchev–Trinajstić information content (AvgIpc) is 3.60. The zero-order valence-corrected chi connectivity index (χ0v) is 20.6. The smallest absolute Gasteiger partial charge is 0.120 e. The first-order valence-electron chi connectivity index (χ1n) is 14.5. The van der Waals surface area contributed by atoms with E-state index in [1.165, 1.54) is 89.2 Å². The zero-order chi connectivity index (χ0) is 21.8. The van der Waals surface area contributed by atoms with Crippen LogP contribution in [0.25, 0.3) is 0 Å². The van der Waals surface area contributed by atoms with Crippen LogP contribution in [0.5, 0.6) is 5.75 Å². The number of hydrogen-bond acceptors (Lipinski definition) is 2. The van der Waals surface area contributed by atoms with Gasteiger partial charge in [0.25, 0.3) is 0 Å². The highest BCUT2D eigenvalue weighted by atomic mass is 16.6. The topological polar surface area (TPSA) is 21.8 Å². The van der Waals surface area contributed by atoms with E-state index < -0.39 is 0 Å². The largest absolute Gasteiger partial charge is 0.491 e. The summed E-state index contributed by atoms with van der Waals surface area (Å²) >= 11 is 0. The summed E-state index contributed by atoms with van der Waals surface area (Å²) < 4.78 is 12.0. The number of benzene rings is 1. The van der Waals surface area contributed by atoms with Gasteiger partial charge in [-0.05, 0) is 159 Å². The maximum absolute atomic E-state index is 6.51. The van der Waals surface area contributed by atoms with E-state index in [9.17, 15) is 0 Å². The molecule has 0 N–H and O–H groups in total. The Bertz CT molecular complexity index is 820. The molecule has 8 bridgehead atoms. The first-order valence-corrected chi connectivity index (χ1v) is 14.5. The Hall–Kier alpha value is -1.02. The Morgan fingerprint density at radius 3 is 1.45 bits per heavy atom. The molecule has 8 aliphatic carbocycles. The molecule has 9 aliphatic rings. The Labute approximate surface area is 200 Å². The van der Waals surface area contributed by atoms with Crippen LogP contribution in [0.1, 0.15) is 101 Å². The van der Waals surface area contributed by atoms with Gasteiger partial charge in [0.05, 0.1) is 6.61 Å². The lowest BCUT2D eigenvalue weighted by Gasteiger charge is -2.59. The van der Waals surface area contributed by atoms with Gasteiger partial charge in [-0.15, -0.1) is 0 Å². The standard InChI is InChI=1S/C31H42O2/c1-2-27-28(30-11-19-3-20(12-30)5-21(4-19)13-30)9-25(32-17-26-18-33-26)10-29(27)31-14-22-6-23(15-31)8-24(7-22)16-31/h9-10,19-24,26H,2-8,11-18H2,1H3. The second kappa shape index (κ2) is 7.02. The summed E-state index contributed by atoms with van der Waals surface area (Å²) in [6.45, 7) is 4.09. The normalized spacial score (nSPS) is 48.5. The van der Waals surface area contributed by atoms with E-state index in [1.54, 1.807) is 16.7 Å². The summed E-state index contributed by atoms with van der Waals surface area (Å²) in [7, 11) is 0. The maximum Gasteiger partial charge on any atom is 0.120 e. The monoisotopic (exact) mass is 446 g/mol. The van der Waals surface area contributed by atoms with Crippen LogP contribution in [0.2, 0.25) is 0 Å². The first kappa shape index (κ1) is 20.2. The van der Waals surface area contributed by atoms with Crippen LogP contribution in [-0.2, 0) is 22.0 Å². The minimum Gasteiger partial charge on any atom is -0.491 e. The number of ether oxygens (including phenoxy) is 2. The molecule has 1 heterocycles. The molecule has 1 unspecified atom stereocenters. The molecule has 0 aromatic heterocycles.